The molecule has 1 saturated heterocycles. The first-order chi connectivity index (χ1) is 18.9. The van der Waals surface area contributed by atoms with Gasteiger partial charge in [0.1, 0.15) is 5.69 Å². The van der Waals surface area contributed by atoms with Crippen molar-refractivity contribution in [3.8, 4) is 11.3 Å². The average Bonchev–Trinajstić information content (AvgIpc) is 3.60. The molecule has 1 aliphatic carbocycles. The second-order valence-corrected chi connectivity index (χ2v) is 12.6. The molecule has 0 spiro atoms. The number of sulfonamides is 1. The smallest absolute Gasteiger partial charge is 0.240 e. The molecule has 0 unspecified atom stereocenters. The van der Waals surface area contributed by atoms with Crippen LogP contribution < -0.4 is 10.0 Å². The van der Waals surface area contributed by atoms with E-state index in [-0.39, 0.29) is 17.0 Å². The van der Waals surface area contributed by atoms with Crippen molar-refractivity contribution in [2.75, 3.05) is 38.0 Å². The Hall–Kier alpha value is -2.60. The van der Waals surface area contributed by atoms with Gasteiger partial charge in [0.15, 0.2) is 5.65 Å². The molecule has 1 aliphatic heterocycles. The van der Waals surface area contributed by atoms with Gasteiger partial charge in [-0.25, -0.2) is 22.8 Å². The van der Waals surface area contributed by atoms with Crippen LogP contribution in [0.4, 0.5) is 5.95 Å². The van der Waals surface area contributed by atoms with E-state index in [0.29, 0.717) is 12.5 Å². The molecule has 3 heterocycles. The molecule has 2 aliphatic rings. The maximum Gasteiger partial charge on any atom is 0.240 e. The Bertz CT molecular complexity index is 1330. The normalized spacial score (nSPS) is 20.6. The quantitative estimate of drug-likeness (QED) is 0.287. The van der Waals surface area contributed by atoms with Crippen molar-refractivity contribution in [3.05, 3.63) is 30.5 Å². The molecular formula is C28H41N7O3S. The average molecular weight is 556 g/mol. The van der Waals surface area contributed by atoms with E-state index in [2.05, 4.69) is 26.8 Å². The molecule has 0 bridgehead atoms. The number of nitrogens with one attached hydrogen (secondary N) is 2. The lowest BCUT2D eigenvalue weighted by molar-refractivity contribution is 0.109. The highest BCUT2D eigenvalue weighted by atomic mass is 32.2. The molecule has 0 radical (unpaired) electrons. The molecule has 212 valence electrons. The number of aliphatic hydroxyl groups is 1. The number of hydrogen-bond acceptors (Lipinski definition) is 8. The van der Waals surface area contributed by atoms with Crippen LogP contribution in [0.2, 0.25) is 0 Å². The van der Waals surface area contributed by atoms with Crippen LogP contribution in [0.15, 0.2) is 35.4 Å². The maximum atomic E-state index is 12.9. The van der Waals surface area contributed by atoms with Gasteiger partial charge >= 0.3 is 0 Å². The van der Waals surface area contributed by atoms with Crippen molar-refractivity contribution in [1.82, 2.24) is 29.4 Å². The largest absolute Gasteiger partial charge is 0.393 e. The van der Waals surface area contributed by atoms with Gasteiger partial charge in [-0.15, -0.1) is 0 Å². The number of rotatable bonds is 12. The van der Waals surface area contributed by atoms with Gasteiger partial charge < -0.3 is 15.3 Å². The second-order valence-electron chi connectivity index (χ2n) is 10.8. The van der Waals surface area contributed by atoms with Gasteiger partial charge in [-0.2, -0.15) is 10.1 Å². The minimum absolute atomic E-state index is 0.146. The summed E-state index contributed by atoms with van der Waals surface area (Å²) in [5.41, 5.74) is 2.31. The van der Waals surface area contributed by atoms with Crippen molar-refractivity contribution in [1.29, 1.82) is 0 Å². The highest BCUT2D eigenvalue weighted by Crippen LogP contribution is 2.34. The zero-order chi connectivity index (χ0) is 27.2. The molecule has 0 amide bonds. The van der Waals surface area contributed by atoms with Crippen molar-refractivity contribution in [2.45, 2.75) is 81.8 Å². The zero-order valence-corrected chi connectivity index (χ0v) is 23.7. The molecule has 10 nitrogen and oxygen atoms in total. The topological polar surface area (TPSA) is 125 Å². The summed E-state index contributed by atoms with van der Waals surface area (Å²) in [5, 5.41) is 19.1. The number of anilines is 1. The van der Waals surface area contributed by atoms with Gasteiger partial charge in [-0.05, 0) is 83.1 Å². The monoisotopic (exact) mass is 555 g/mol. The molecule has 1 aromatic carbocycles. The van der Waals surface area contributed by atoms with Crippen LogP contribution in [0.25, 0.3) is 22.3 Å². The molecule has 1 saturated carbocycles. The fraction of sp³-hybridized carbons (Fsp3) is 0.607. The maximum absolute atomic E-state index is 12.9. The molecule has 11 heteroatoms. The Balaban J connectivity index is 1.35. The summed E-state index contributed by atoms with van der Waals surface area (Å²) in [5.74, 6) is 0.580. The van der Waals surface area contributed by atoms with Gasteiger partial charge in [-0.3, -0.25) is 0 Å². The number of unbranched alkanes of at least 4 members (excludes halogenated alkanes) is 1. The van der Waals surface area contributed by atoms with Crippen LogP contribution in [-0.2, 0) is 10.0 Å². The van der Waals surface area contributed by atoms with E-state index < -0.39 is 10.0 Å². The summed E-state index contributed by atoms with van der Waals surface area (Å²) < 4.78 is 30.5. The number of fused-ring (bicyclic) bond motifs is 1. The molecular weight excluding hydrogens is 514 g/mol. The molecule has 5 rings (SSSR count). The summed E-state index contributed by atoms with van der Waals surface area (Å²) in [6, 6.07) is 7.04. The molecule has 3 aromatic rings. The van der Waals surface area contributed by atoms with E-state index in [1.807, 2.05) is 16.8 Å². The second kappa shape index (κ2) is 12.7. The van der Waals surface area contributed by atoms with Gasteiger partial charge in [0.25, 0.3) is 0 Å². The fourth-order valence-corrected chi connectivity index (χ4v) is 6.62. The number of aliphatic hydroxyl groups excluding tert-OH is 1. The third-order valence-electron chi connectivity index (χ3n) is 7.85. The summed E-state index contributed by atoms with van der Waals surface area (Å²) in [6.45, 7) is 6.53. The number of nitrogens with zero attached hydrogens (tertiary/aromatic N) is 5. The Labute approximate surface area is 231 Å². The summed E-state index contributed by atoms with van der Waals surface area (Å²) in [7, 11) is -3.58. The summed E-state index contributed by atoms with van der Waals surface area (Å²) >= 11 is 0. The van der Waals surface area contributed by atoms with E-state index in [1.54, 1.807) is 18.3 Å². The molecule has 3 N–H and O–H groups in total. The van der Waals surface area contributed by atoms with Crippen LogP contribution in [0, 0.1) is 0 Å². The number of aromatic nitrogens is 4. The van der Waals surface area contributed by atoms with E-state index >= 15 is 0 Å². The summed E-state index contributed by atoms with van der Waals surface area (Å²) in [4.78, 5) is 12.0. The van der Waals surface area contributed by atoms with Crippen LogP contribution >= 0.6 is 0 Å². The SMILES string of the molecule is CCCCNc1ncc2c(-c3ccc(S(=O)(=O)NCCCN4CCCC4)cc3)nn(C3CCC(O)CC3)c2n1. The minimum Gasteiger partial charge on any atom is -0.393 e. The van der Waals surface area contributed by atoms with E-state index in [1.165, 1.54) is 12.8 Å². The van der Waals surface area contributed by atoms with Crippen molar-refractivity contribution < 1.29 is 13.5 Å². The van der Waals surface area contributed by atoms with Crippen LogP contribution in [0.1, 0.15) is 70.8 Å². The predicted octanol–water partition coefficient (Wildman–Crippen LogP) is 3.95. The summed E-state index contributed by atoms with van der Waals surface area (Å²) in [6.07, 6.45) is 10.1. The van der Waals surface area contributed by atoms with Crippen molar-refractivity contribution >= 4 is 27.0 Å². The lowest BCUT2D eigenvalue weighted by atomic mass is 9.93. The van der Waals surface area contributed by atoms with Crippen molar-refractivity contribution in [3.63, 3.8) is 0 Å². The lowest BCUT2D eigenvalue weighted by Gasteiger charge is -2.25. The van der Waals surface area contributed by atoms with Gasteiger partial charge in [0, 0.05) is 24.8 Å². The number of benzene rings is 1. The third-order valence-corrected chi connectivity index (χ3v) is 9.33. The number of likely N-dealkylation sites (tertiary alicyclic amines) is 1. The van der Waals surface area contributed by atoms with E-state index in [4.69, 9.17) is 10.1 Å². The van der Waals surface area contributed by atoms with Gasteiger partial charge in [-0.1, -0.05) is 25.5 Å². The standard InChI is InChI=1S/C28H41N7O3S/c1-2-3-15-29-28-30-20-25-26(33-35(27(25)32-28)22-9-11-23(36)12-10-22)21-7-13-24(14-8-21)39(37,38)31-16-6-19-34-17-4-5-18-34/h7-8,13-14,20,22-23,31,36H,2-6,9-12,15-19H2,1H3,(H,29,30,32). The first-order valence-electron chi connectivity index (χ1n) is 14.4. The number of hydrogen-bond donors (Lipinski definition) is 3. The zero-order valence-electron chi connectivity index (χ0n) is 22.8. The van der Waals surface area contributed by atoms with Crippen molar-refractivity contribution in [2.24, 2.45) is 0 Å². The Morgan fingerprint density at radius 3 is 2.49 bits per heavy atom. The van der Waals surface area contributed by atoms with Gasteiger partial charge in [0.2, 0.25) is 16.0 Å². The molecule has 0 atom stereocenters. The Morgan fingerprint density at radius 1 is 1.03 bits per heavy atom. The fourth-order valence-electron chi connectivity index (χ4n) is 5.55. The third kappa shape index (κ3) is 6.77. The molecule has 2 aromatic heterocycles. The van der Waals surface area contributed by atoms with Crippen LogP contribution in [0.5, 0.6) is 0 Å². The van der Waals surface area contributed by atoms with Gasteiger partial charge in [0.05, 0.1) is 22.4 Å². The van der Waals surface area contributed by atoms with Crippen LogP contribution in [-0.4, -0.2) is 77.0 Å². The van der Waals surface area contributed by atoms with E-state index in [0.717, 1.165) is 93.4 Å². The highest BCUT2D eigenvalue weighted by Gasteiger charge is 2.26. The van der Waals surface area contributed by atoms with E-state index in [9.17, 15) is 13.5 Å². The lowest BCUT2D eigenvalue weighted by Crippen LogP contribution is -2.28. The molecule has 39 heavy (non-hydrogen) atoms. The highest BCUT2D eigenvalue weighted by molar-refractivity contribution is 7.89. The molecule has 2 fully saturated rings. The first kappa shape index (κ1) is 27.9. The first-order valence-corrected chi connectivity index (χ1v) is 15.9. The Morgan fingerprint density at radius 2 is 1.77 bits per heavy atom. The minimum atomic E-state index is -3.58. The van der Waals surface area contributed by atoms with Crippen LogP contribution in [0.3, 0.4) is 0 Å². The Kier molecular flexibility index (Phi) is 9.11. The predicted molar refractivity (Wildman–Crippen MR) is 153 cm³/mol.